The largest absolute Gasteiger partial charge is 0.459 e. The molecule has 2 aromatic heterocycles. The van der Waals surface area contributed by atoms with E-state index in [0.29, 0.717) is 37.1 Å². The number of aliphatic hydroxyl groups is 2. The first-order valence-electron chi connectivity index (χ1n) is 14.2. The Kier molecular flexibility index (Phi) is 10.9. The molecule has 6 N–H and O–H groups in total. The van der Waals surface area contributed by atoms with E-state index in [2.05, 4.69) is 9.97 Å². The van der Waals surface area contributed by atoms with E-state index in [9.17, 15) is 19.8 Å². The lowest BCUT2D eigenvalue weighted by molar-refractivity contribution is -0.232. The van der Waals surface area contributed by atoms with Crippen molar-refractivity contribution in [3.05, 3.63) is 48.0 Å². The van der Waals surface area contributed by atoms with Gasteiger partial charge in [0.1, 0.15) is 23.4 Å². The van der Waals surface area contributed by atoms with E-state index in [4.69, 9.17) is 30.4 Å². The van der Waals surface area contributed by atoms with Crippen LogP contribution in [0.1, 0.15) is 90.6 Å². The van der Waals surface area contributed by atoms with Crippen LogP contribution >= 0.6 is 0 Å². The van der Waals surface area contributed by atoms with E-state index in [0.717, 1.165) is 11.1 Å². The molecule has 12 heteroatoms. The lowest BCUT2D eigenvalue weighted by Gasteiger charge is -2.45. The minimum atomic E-state index is -1.22. The number of hydrogen-bond acceptors (Lipinski definition) is 12. The van der Waals surface area contributed by atoms with Crippen molar-refractivity contribution in [3.63, 3.8) is 0 Å². The third-order valence-electron chi connectivity index (χ3n) is 7.95. The molecule has 232 valence electrons. The Bertz CT molecular complexity index is 1130. The maximum Gasteiger partial charge on any atom is 0.303 e. The zero-order chi connectivity index (χ0) is 31.2. The predicted octanol–water partition coefficient (Wildman–Crippen LogP) is 3.17. The molecule has 12 nitrogen and oxygen atoms in total. The normalized spacial score (nSPS) is 32.7. The second-order valence-corrected chi connectivity index (χ2v) is 11.2. The molecule has 0 aromatic carbocycles. The summed E-state index contributed by atoms with van der Waals surface area (Å²) in [7, 11) is 0. The molecule has 2 fully saturated rings. The van der Waals surface area contributed by atoms with Crippen LogP contribution in [0.4, 0.5) is 11.4 Å². The van der Waals surface area contributed by atoms with E-state index < -0.39 is 47.6 Å². The minimum Gasteiger partial charge on any atom is -0.459 e. The molecule has 0 radical (unpaired) electrons. The number of nitrogen functional groups attached to an aromatic ring is 2. The lowest BCUT2D eigenvalue weighted by atomic mass is 9.82. The van der Waals surface area contributed by atoms with Gasteiger partial charge in [0.2, 0.25) is 0 Å². The van der Waals surface area contributed by atoms with Crippen molar-refractivity contribution in [1.82, 2.24) is 9.97 Å². The smallest absolute Gasteiger partial charge is 0.303 e. The molecular weight excluding hydrogens is 544 g/mol. The van der Waals surface area contributed by atoms with Crippen LogP contribution in [-0.2, 0) is 28.5 Å². The summed E-state index contributed by atoms with van der Waals surface area (Å²) in [6.45, 7) is 9.79. The maximum atomic E-state index is 11.3. The molecule has 2 saturated heterocycles. The standard InChI is InChI=1S/2C15H22N2O4/c2*1-4-13-15(3,19)14(20-9(2)18)7-12(21-13)10-5-6-17-8-11(10)16/h2*5-6,8,12-14,19H,4,7,16H2,1-3H3/t12?,13-,14-,15+;12-,13-,14-,15-/m01/s1. The molecule has 4 rings (SSSR count). The van der Waals surface area contributed by atoms with Crippen molar-refractivity contribution in [1.29, 1.82) is 0 Å². The van der Waals surface area contributed by atoms with Gasteiger partial charge in [0.15, 0.2) is 0 Å². The quantitative estimate of drug-likeness (QED) is 0.361. The summed E-state index contributed by atoms with van der Waals surface area (Å²) in [4.78, 5) is 30.5. The summed E-state index contributed by atoms with van der Waals surface area (Å²) in [5.41, 5.74) is 12.1. The van der Waals surface area contributed by atoms with Gasteiger partial charge in [-0.2, -0.15) is 0 Å². The van der Waals surface area contributed by atoms with Gasteiger partial charge in [0.05, 0.1) is 48.2 Å². The van der Waals surface area contributed by atoms with Crippen molar-refractivity contribution in [2.75, 3.05) is 11.5 Å². The van der Waals surface area contributed by atoms with Gasteiger partial charge < -0.3 is 40.6 Å². The number of anilines is 2. The Hall–Kier alpha value is -3.32. The van der Waals surface area contributed by atoms with Crippen molar-refractivity contribution >= 4 is 23.3 Å². The zero-order valence-corrected chi connectivity index (χ0v) is 25.1. The molecule has 1 unspecified atom stereocenters. The molecule has 0 bridgehead atoms. The number of nitrogens with two attached hydrogens (primary N) is 2. The van der Waals surface area contributed by atoms with Gasteiger partial charge in [0.25, 0.3) is 0 Å². The number of hydrogen-bond donors (Lipinski definition) is 4. The van der Waals surface area contributed by atoms with Crippen molar-refractivity contribution < 1.29 is 38.7 Å². The first-order chi connectivity index (χ1) is 19.7. The molecule has 2 aliphatic rings. The molecule has 8 atom stereocenters. The van der Waals surface area contributed by atoms with E-state index >= 15 is 0 Å². The number of carbonyl (C=O) groups excluding carboxylic acids is 2. The summed E-state index contributed by atoms with van der Waals surface area (Å²) >= 11 is 0. The zero-order valence-electron chi connectivity index (χ0n) is 25.1. The van der Waals surface area contributed by atoms with Gasteiger partial charge >= 0.3 is 11.9 Å². The van der Waals surface area contributed by atoms with Crippen LogP contribution in [0.25, 0.3) is 0 Å². The Morgan fingerprint density at radius 1 is 0.833 bits per heavy atom. The fourth-order valence-corrected chi connectivity index (χ4v) is 5.64. The molecule has 2 aliphatic heterocycles. The van der Waals surface area contributed by atoms with E-state index in [1.807, 2.05) is 13.8 Å². The monoisotopic (exact) mass is 588 g/mol. The van der Waals surface area contributed by atoms with Gasteiger partial charge in [0, 0.05) is 50.2 Å². The molecule has 42 heavy (non-hydrogen) atoms. The first-order valence-corrected chi connectivity index (χ1v) is 14.2. The van der Waals surface area contributed by atoms with Crippen LogP contribution in [0.15, 0.2) is 36.9 Å². The van der Waals surface area contributed by atoms with Gasteiger partial charge in [-0.1, -0.05) is 13.8 Å². The van der Waals surface area contributed by atoms with Crippen molar-refractivity contribution in [2.45, 2.75) is 115 Å². The van der Waals surface area contributed by atoms with Crippen LogP contribution in [-0.4, -0.2) is 67.7 Å². The highest BCUT2D eigenvalue weighted by Crippen LogP contribution is 2.42. The van der Waals surface area contributed by atoms with Crippen LogP contribution in [0.2, 0.25) is 0 Å². The summed E-state index contributed by atoms with van der Waals surface area (Å²) in [6, 6.07) is 3.58. The fourth-order valence-electron chi connectivity index (χ4n) is 5.64. The number of nitrogens with zero attached hydrogens (tertiary/aromatic N) is 2. The van der Waals surface area contributed by atoms with Crippen LogP contribution in [0.3, 0.4) is 0 Å². The average Bonchev–Trinajstić information content (AvgIpc) is 2.91. The van der Waals surface area contributed by atoms with Gasteiger partial charge in [-0.05, 0) is 38.8 Å². The van der Waals surface area contributed by atoms with E-state index in [1.165, 1.54) is 13.8 Å². The van der Waals surface area contributed by atoms with Crippen LogP contribution in [0, 0.1) is 0 Å². The summed E-state index contributed by atoms with van der Waals surface area (Å²) in [5.74, 6) is -0.836. The summed E-state index contributed by atoms with van der Waals surface area (Å²) in [6.07, 6.45) is 5.53. The van der Waals surface area contributed by atoms with Crippen molar-refractivity contribution in [2.24, 2.45) is 0 Å². The third-order valence-corrected chi connectivity index (χ3v) is 7.95. The second-order valence-electron chi connectivity index (χ2n) is 11.2. The van der Waals surface area contributed by atoms with Gasteiger partial charge in [-0.3, -0.25) is 19.6 Å². The predicted molar refractivity (Wildman–Crippen MR) is 155 cm³/mol. The molecule has 0 amide bonds. The highest BCUT2D eigenvalue weighted by Gasteiger charge is 2.49. The fraction of sp³-hybridized carbons (Fsp3) is 0.600. The third kappa shape index (κ3) is 7.54. The lowest BCUT2D eigenvalue weighted by Crippen LogP contribution is -2.56. The Morgan fingerprint density at radius 3 is 1.48 bits per heavy atom. The molecule has 0 aliphatic carbocycles. The van der Waals surface area contributed by atoms with Gasteiger partial charge in [-0.25, -0.2) is 0 Å². The topological polar surface area (TPSA) is 189 Å². The van der Waals surface area contributed by atoms with E-state index in [1.54, 1.807) is 50.8 Å². The highest BCUT2D eigenvalue weighted by atomic mass is 16.6. The van der Waals surface area contributed by atoms with Crippen LogP contribution < -0.4 is 11.5 Å². The molecular formula is C30H44N4O8. The summed E-state index contributed by atoms with van der Waals surface area (Å²) in [5, 5.41) is 21.3. The number of aromatic nitrogens is 2. The highest BCUT2D eigenvalue weighted by molar-refractivity contribution is 5.66. The Labute approximate surface area is 246 Å². The van der Waals surface area contributed by atoms with E-state index in [-0.39, 0.29) is 12.2 Å². The number of pyridine rings is 2. The number of carbonyl (C=O) groups is 2. The summed E-state index contributed by atoms with van der Waals surface area (Å²) < 4.78 is 22.6. The van der Waals surface area contributed by atoms with Crippen molar-refractivity contribution in [3.8, 4) is 0 Å². The molecule has 4 heterocycles. The number of rotatable bonds is 6. The van der Waals surface area contributed by atoms with Crippen LogP contribution in [0.5, 0.6) is 0 Å². The number of esters is 2. The average molecular weight is 589 g/mol. The Morgan fingerprint density at radius 2 is 1.19 bits per heavy atom. The SMILES string of the molecule is CC[C@@H]1OC(c2ccncc2N)C[C@H](OC(C)=O)[C@]1(C)O.CC[C@H]1O[C@@H](c2ccncc2N)C[C@@H](OC(C)=O)[C@]1(C)O. The molecule has 2 aromatic rings. The Balaban J connectivity index is 0.000000230. The minimum absolute atomic E-state index is 0.331. The second kappa shape index (κ2) is 13.8. The first kappa shape index (κ1) is 33.2. The molecule has 0 saturated carbocycles. The van der Waals surface area contributed by atoms with Gasteiger partial charge in [-0.15, -0.1) is 0 Å². The maximum absolute atomic E-state index is 11.3. The molecule has 0 spiro atoms. The number of ether oxygens (including phenoxy) is 4.